The van der Waals surface area contributed by atoms with Gasteiger partial charge in [0.2, 0.25) is 0 Å². The number of carbonyl (C=O) groups excluding carboxylic acids is 1. The SMILES string of the molecule is O=C(O)c1cc(F)c(F)cc1C(=O)NCC1CCC(O)C1. The quantitative estimate of drug-likeness (QED) is 0.787. The number of aromatic carboxylic acids is 1. The van der Waals surface area contributed by atoms with E-state index in [-0.39, 0.29) is 18.6 Å². The molecule has 0 aliphatic heterocycles. The van der Waals surface area contributed by atoms with Gasteiger partial charge in [0.15, 0.2) is 11.6 Å². The van der Waals surface area contributed by atoms with Crippen molar-refractivity contribution in [1.29, 1.82) is 0 Å². The van der Waals surface area contributed by atoms with Gasteiger partial charge in [-0.05, 0) is 37.3 Å². The van der Waals surface area contributed by atoms with Crippen molar-refractivity contribution in [2.45, 2.75) is 25.4 Å². The fraction of sp³-hybridized carbons (Fsp3) is 0.429. The zero-order valence-electron chi connectivity index (χ0n) is 11.1. The molecule has 1 aromatic rings. The van der Waals surface area contributed by atoms with Crippen LogP contribution in [0.1, 0.15) is 40.0 Å². The molecule has 0 bridgehead atoms. The van der Waals surface area contributed by atoms with Crippen molar-refractivity contribution in [3.63, 3.8) is 0 Å². The minimum atomic E-state index is -1.50. The van der Waals surface area contributed by atoms with Crippen molar-refractivity contribution >= 4 is 11.9 Å². The molecule has 114 valence electrons. The van der Waals surface area contributed by atoms with E-state index in [2.05, 4.69) is 5.32 Å². The van der Waals surface area contributed by atoms with E-state index in [1.165, 1.54) is 0 Å². The zero-order valence-corrected chi connectivity index (χ0v) is 11.1. The van der Waals surface area contributed by atoms with Gasteiger partial charge < -0.3 is 15.5 Å². The highest BCUT2D eigenvalue weighted by molar-refractivity contribution is 6.04. The van der Waals surface area contributed by atoms with E-state index in [1.54, 1.807) is 0 Å². The van der Waals surface area contributed by atoms with Crippen LogP contribution in [0.15, 0.2) is 12.1 Å². The van der Waals surface area contributed by atoms with Crippen LogP contribution in [0.2, 0.25) is 0 Å². The fourth-order valence-corrected chi connectivity index (χ4v) is 2.48. The van der Waals surface area contributed by atoms with Crippen molar-refractivity contribution in [3.8, 4) is 0 Å². The standard InChI is InChI=1S/C14H15F2NO4/c15-11-4-9(10(14(20)21)5-12(11)16)13(19)17-6-7-1-2-8(18)3-7/h4-5,7-8,18H,1-3,6H2,(H,17,19)(H,20,21). The van der Waals surface area contributed by atoms with Gasteiger partial charge in [-0.3, -0.25) is 4.79 Å². The fourth-order valence-electron chi connectivity index (χ4n) is 2.48. The topological polar surface area (TPSA) is 86.6 Å². The molecular formula is C14H15F2NO4. The first-order valence-electron chi connectivity index (χ1n) is 6.57. The van der Waals surface area contributed by atoms with Crippen molar-refractivity contribution in [3.05, 3.63) is 34.9 Å². The summed E-state index contributed by atoms with van der Waals surface area (Å²) in [6, 6.07) is 1.07. The number of benzene rings is 1. The third-order valence-electron chi connectivity index (χ3n) is 3.60. The Kier molecular flexibility index (Phi) is 4.52. The van der Waals surface area contributed by atoms with E-state index in [0.29, 0.717) is 25.0 Å². The number of carbonyl (C=O) groups is 2. The Balaban J connectivity index is 2.11. The smallest absolute Gasteiger partial charge is 0.336 e. The van der Waals surface area contributed by atoms with Crippen LogP contribution >= 0.6 is 0 Å². The maximum Gasteiger partial charge on any atom is 0.336 e. The largest absolute Gasteiger partial charge is 0.478 e. The van der Waals surface area contributed by atoms with Gasteiger partial charge in [-0.1, -0.05) is 0 Å². The lowest BCUT2D eigenvalue weighted by Gasteiger charge is -2.12. The van der Waals surface area contributed by atoms with E-state index in [0.717, 1.165) is 6.42 Å². The molecule has 21 heavy (non-hydrogen) atoms. The molecule has 1 fully saturated rings. The van der Waals surface area contributed by atoms with E-state index in [9.17, 15) is 23.5 Å². The second kappa shape index (κ2) is 6.17. The van der Waals surface area contributed by atoms with Crippen LogP contribution in [-0.4, -0.2) is 34.7 Å². The maximum atomic E-state index is 13.2. The van der Waals surface area contributed by atoms with Gasteiger partial charge in [0.05, 0.1) is 17.2 Å². The first kappa shape index (κ1) is 15.4. The molecule has 0 aromatic heterocycles. The number of aliphatic hydroxyl groups is 1. The number of carboxylic acid groups (broad SMARTS) is 1. The first-order chi connectivity index (χ1) is 9.88. The van der Waals surface area contributed by atoms with E-state index >= 15 is 0 Å². The molecule has 0 spiro atoms. The molecule has 3 N–H and O–H groups in total. The summed E-state index contributed by atoms with van der Waals surface area (Å²) >= 11 is 0. The molecule has 2 rings (SSSR count). The predicted molar refractivity (Wildman–Crippen MR) is 69.0 cm³/mol. The van der Waals surface area contributed by atoms with E-state index in [1.807, 2.05) is 0 Å². The Morgan fingerprint density at radius 1 is 1.19 bits per heavy atom. The van der Waals surface area contributed by atoms with Gasteiger partial charge >= 0.3 is 5.97 Å². The molecular weight excluding hydrogens is 284 g/mol. The van der Waals surface area contributed by atoms with Crippen molar-refractivity contribution < 1.29 is 28.6 Å². The molecule has 5 nitrogen and oxygen atoms in total. The van der Waals surface area contributed by atoms with E-state index in [4.69, 9.17) is 5.11 Å². The molecule has 2 unspecified atom stereocenters. The minimum Gasteiger partial charge on any atom is -0.478 e. The van der Waals surface area contributed by atoms with Gasteiger partial charge in [-0.2, -0.15) is 0 Å². The third kappa shape index (κ3) is 3.55. The number of rotatable bonds is 4. The Morgan fingerprint density at radius 2 is 1.81 bits per heavy atom. The van der Waals surface area contributed by atoms with Crippen LogP contribution in [0.25, 0.3) is 0 Å². The molecule has 1 saturated carbocycles. The van der Waals surface area contributed by atoms with Crippen molar-refractivity contribution in [1.82, 2.24) is 5.32 Å². The molecule has 1 aromatic carbocycles. The second-order valence-corrected chi connectivity index (χ2v) is 5.16. The van der Waals surface area contributed by atoms with Crippen LogP contribution in [-0.2, 0) is 0 Å². The predicted octanol–water partition coefficient (Wildman–Crippen LogP) is 1.55. The summed E-state index contributed by atoms with van der Waals surface area (Å²) in [5.74, 6) is -4.77. The Hall–Kier alpha value is -2.02. The van der Waals surface area contributed by atoms with Crippen LogP contribution < -0.4 is 5.32 Å². The van der Waals surface area contributed by atoms with Crippen LogP contribution in [0, 0.1) is 17.6 Å². The average Bonchev–Trinajstić information content (AvgIpc) is 2.84. The Labute approximate surface area is 119 Å². The number of hydrogen-bond acceptors (Lipinski definition) is 3. The molecule has 0 heterocycles. The molecule has 2 atom stereocenters. The molecule has 7 heteroatoms. The monoisotopic (exact) mass is 299 g/mol. The summed E-state index contributed by atoms with van der Waals surface area (Å²) in [7, 11) is 0. The lowest BCUT2D eigenvalue weighted by Crippen LogP contribution is -2.30. The normalized spacial score (nSPS) is 21.3. The molecule has 0 radical (unpaired) electrons. The highest BCUT2D eigenvalue weighted by atomic mass is 19.2. The van der Waals surface area contributed by atoms with Crippen molar-refractivity contribution in [2.24, 2.45) is 5.92 Å². The number of amides is 1. The lowest BCUT2D eigenvalue weighted by atomic mass is 10.0. The minimum absolute atomic E-state index is 0.0996. The van der Waals surface area contributed by atoms with Gasteiger partial charge in [-0.15, -0.1) is 0 Å². The summed E-state index contributed by atoms with van der Waals surface area (Å²) in [5, 5.41) is 20.8. The highest BCUT2D eigenvalue weighted by Crippen LogP contribution is 2.24. The second-order valence-electron chi connectivity index (χ2n) is 5.16. The van der Waals surface area contributed by atoms with Crippen molar-refractivity contribution in [2.75, 3.05) is 6.54 Å². The first-order valence-corrected chi connectivity index (χ1v) is 6.57. The number of halogens is 2. The maximum absolute atomic E-state index is 13.2. The number of nitrogens with one attached hydrogen (secondary N) is 1. The summed E-state index contributed by atoms with van der Waals surface area (Å²) in [4.78, 5) is 22.9. The highest BCUT2D eigenvalue weighted by Gasteiger charge is 2.25. The number of carboxylic acids is 1. The Morgan fingerprint density at radius 3 is 2.33 bits per heavy atom. The van der Waals surface area contributed by atoms with Crippen LogP contribution in [0.3, 0.4) is 0 Å². The summed E-state index contributed by atoms with van der Waals surface area (Å²) in [5.41, 5.74) is -1.00. The Bertz CT molecular complexity index is 576. The van der Waals surface area contributed by atoms with Gasteiger partial charge in [0, 0.05) is 6.54 Å². The third-order valence-corrected chi connectivity index (χ3v) is 3.60. The van der Waals surface area contributed by atoms with Gasteiger partial charge in [-0.25, -0.2) is 13.6 Å². The molecule has 1 aliphatic carbocycles. The number of hydrogen-bond donors (Lipinski definition) is 3. The summed E-state index contributed by atoms with van der Waals surface area (Å²) < 4.78 is 26.3. The molecule has 1 aliphatic rings. The van der Waals surface area contributed by atoms with Gasteiger partial charge in [0.1, 0.15) is 0 Å². The van der Waals surface area contributed by atoms with Crippen LogP contribution in [0.4, 0.5) is 8.78 Å². The lowest BCUT2D eigenvalue weighted by molar-refractivity contribution is 0.0690. The number of aliphatic hydroxyl groups excluding tert-OH is 1. The molecule has 1 amide bonds. The van der Waals surface area contributed by atoms with Gasteiger partial charge in [0.25, 0.3) is 5.91 Å². The summed E-state index contributed by atoms with van der Waals surface area (Å²) in [6.07, 6.45) is 1.59. The summed E-state index contributed by atoms with van der Waals surface area (Å²) in [6.45, 7) is 0.258. The zero-order chi connectivity index (χ0) is 15.6. The van der Waals surface area contributed by atoms with Crippen LogP contribution in [0.5, 0.6) is 0 Å². The van der Waals surface area contributed by atoms with E-state index < -0.39 is 34.6 Å². The average molecular weight is 299 g/mol. The molecule has 0 saturated heterocycles.